The van der Waals surface area contributed by atoms with Gasteiger partial charge in [0, 0.05) is 16.5 Å². The summed E-state index contributed by atoms with van der Waals surface area (Å²) in [6.45, 7) is 0. The van der Waals surface area contributed by atoms with Crippen LogP contribution in [-0.4, -0.2) is 31.9 Å². The first-order valence-electron chi connectivity index (χ1n) is 9.05. The van der Waals surface area contributed by atoms with Crippen molar-refractivity contribution in [3.05, 3.63) is 71.9 Å². The standard InChI is InChI=1S/C21H15FN6OS/c1-29-16-4-2-3-14(11-16)18-12-30-21-24-20(27-28(18)21)23-19-10-9-17(25-26-19)13-5-7-15(22)8-6-13/h2-12H,1H3,(H,23,26,27). The van der Waals surface area contributed by atoms with Gasteiger partial charge >= 0.3 is 0 Å². The van der Waals surface area contributed by atoms with E-state index in [1.54, 1.807) is 29.8 Å². The number of nitrogens with zero attached hydrogens (tertiary/aromatic N) is 5. The van der Waals surface area contributed by atoms with E-state index in [4.69, 9.17) is 4.74 Å². The second-order valence-corrected chi connectivity index (χ2v) is 7.25. The molecule has 3 heterocycles. The van der Waals surface area contributed by atoms with E-state index in [9.17, 15) is 4.39 Å². The number of halogens is 1. The molecule has 0 aliphatic carbocycles. The van der Waals surface area contributed by atoms with Crippen LogP contribution in [0.25, 0.3) is 27.5 Å². The normalized spacial score (nSPS) is 11.0. The van der Waals surface area contributed by atoms with Crippen LogP contribution in [0.5, 0.6) is 5.75 Å². The number of hydrogen-bond donors (Lipinski definition) is 1. The molecular weight excluding hydrogens is 403 g/mol. The Morgan fingerprint density at radius 2 is 1.87 bits per heavy atom. The zero-order valence-electron chi connectivity index (χ0n) is 15.8. The van der Waals surface area contributed by atoms with Gasteiger partial charge in [0.15, 0.2) is 5.82 Å². The lowest BCUT2D eigenvalue weighted by molar-refractivity contribution is 0.415. The molecule has 1 N–H and O–H groups in total. The average Bonchev–Trinajstić information content (AvgIpc) is 3.35. The molecule has 0 amide bonds. The first-order chi connectivity index (χ1) is 14.7. The van der Waals surface area contributed by atoms with Crippen LogP contribution in [-0.2, 0) is 0 Å². The number of rotatable bonds is 5. The predicted molar refractivity (Wildman–Crippen MR) is 114 cm³/mol. The van der Waals surface area contributed by atoms with Crippen molar-refractivity contribution < 1.29 is 9.13 Å². The van der Waals surface area contributed by atoms with Crippen molar-refractivity contribution in [2.45, 2.75) is 0 Å². The van der Waals surface area contributed by atoms with Crippen molar-refractivity contribution in [2.24, 2.45) is 0 Å². The predicted octanol–water partition coefficient (Wildman–Crippen LogP) is 4.81. The topological polar surface area (TPSA) is 77.2 Å². The number of thiazole rings is 1. The summed E-state index contributed by atoms with van der Waals surface area (Å²) in [7, 11) is 1.64. The van der Waals surface area contributed by atoms with E-state index in [2.05, 4.69) is 25.6 Å². The largest absolute Gasteiger partial charge is 0.497 e. The summed E-state index contributed by atoms with van der Waals surface area (Å²) in [5.74, 6) is 1.43. The van der Waals surface area contributed by atoms with Gasteiger partial charge in [-0.3, -0.25) is 0 Å². The van der Waals surface area contributed by atoms with Crippen LogP contribution < -0.4 is 10.1 Å². The Morgan fingerprint density at radius 1 is 1.00 bits per heavy atom. The fourth-order valence-corrected chi connectivity index (χ4v) is 3.83. The van der Waals surface area contributed by atoms with Crippen LogP contribution in [0.15, 0.2) is 66.0 Å². The van der Waals surface area contributed by atoms with Gasteiger partial charge in [-0.25, -0.2) is 8.91 Å². The summed E-state index contributed by atoms with van der Waals surface area (Å²) in [6.07, 6.45) is 0. The summed E-state index contributed by atoms with van der Waals surface area (Å²) in [5.41, 5.74) is 3.35. The van der Waals surface area contributed by atoms with Crippen LogP contribution >= 0.6 is 11.3 Å². The highest BCUT2D eigenvalue weighted by atomic mass is 32.1. The molecule has 0 saturated carbocycles. The molecule has 5 rings (SSSR count). The van der Waals surface area contributed by atoms with Crippen LogP contribution in [0, 0.1) is 5.82 Å². The third-order valence-electron chi connectivity index (χ3n) is 4.49. The van der Waals surface area contributed by atoms with Crippen molar-refractivity contribution in [3.8, 4) is 28.3 Å². The molecule has 0 saturated heterocycles. The molecule has 0 bridgehead atoms. The summed E-state index contributed by atoms with van der Waals surface area (Å²) < 4.78 is 20.2. The number of anilines is 2. The third-order valence-corrected chi connectivity index (χ3v) is 5.31. The number of aromatic nitrogens is 5. The summed E-state index contributed by atoms with van der Waals surface area (Å²) in [5, 5.41) is 18.0. The molecule has 9 heteroatoms. The summed E-state index contributed by atoms with van der Waals surface area (Å²) in [4.78, 5) is 5.26. The number of benzene rings is 2. The SMILES string of the molecule is COc1cccc(-c2csc3nc(Nc4ccc(-c5ccc(F)cc5)nn4)nn23)c1. The highest BCUT2D eigenvalue weighted by Crippen LogP contribution is 2.28. The van der Waals surface area contributed by atoms with Gasteiger partial charge < -0.3 is 10.1 Å². The number of ether oxygens (including phenoxy) is 1. The van der Waals surface area contributed by atoms with Crippen molar-refractivity contribution in [1.29, 1.82) is 0 Å². The van der Waals surface area contributed by atoms with Crippen LogP contribution in [0.4, 0.5) is 16.2 Å². The Balaban J connectivity index is 1.39. The molecule has 2 aromatic carbocycles. The fraction of sp³-hybridized carbons (Fsp3) is 0.0476. The Labute approximate surface area is 174 Å². The van der Waals surface area contributed by atoms with Gasteiger partial charge in [-0.2, -0.15) is 4.98 Å². The van der Waals surface area contributed by atoms with Crippen molar-refractivity contribution in [3.63, 3.8) is 0 Å². The molecule has 30 heavy (non-hydrogen) atoms. The summed E-state index contributed by atoms with van der Waals surface area (Å²) in [6, 6.07) is 17.5. The maximum atomic E-state index is 13.1. The van der Waals surface area contributed by atoms with E-state index in [1.807, 2.05) is 35.7 Å². The molecule has 148 valence electrons. The van der Waals surface area contributed by atoms with Crippen LogP contribution in [0.2, 0.25) is 0 Å². The van der Waals surface area contributed by atoms with Crippen LogP contribution in [0.3, 0.4) is 0 Å². The van der Waals surface area contributed by atoms with Gasteiger partial charge in [0.05, 0.1) is 18.5 Å². The highest BCUT2D eigenvalue weighted by molar-refractivity contribution is 7.15. The van der Waals surface area contributed by atoms with Gasteiger partial charge in [-0.15, -0.1) is 26.6 Å². The number of methoxy groups -OCH3 is 1. The minimum absolute atomic E-state index is 0.288. The number of fused-ring (bicyclic) bond motifs is 1. The molecule has 5 aromatic rings. The second-order valence-electron chi connectivity index (χ2n) is 6.42. The van der Waals surface area contributed by atoms with E-state index in [-0.39, 0.29) is 5.82 Å². The van der Waals surface area contributed by atoms with Gasteiger partial charge in [0.25, 0.3) is 0 Å². The molecule has 0 fully saturated rings. The minimum Gasteiger partial charge on any atom is -0.497 e. The molecule has 0 radical (unpaired) electrons. The smallest absolute Gasteiger partial charge is 0.249 e. The molecule has 0 unspecified atom stereocenters. The van der Waals surface area contributed by atoms with E-state index in [0.29, 0.717) is 17.5 Å². The van der Waals surface area contributed by atoms with Gasteiger partial charge in [-0.05, 0) is 48.5 Å². The third kappa shape index (κ3) is 3.46. The Morgan fingerprint density at radius 3 is 2.63 bits per heavy atom. The van der Waals surface area contributed by atoms with Crippen LogP contribution in [0.1, 0.15) is 0 Å². The van der Waals surface area contributed by atoms with E-state index in [1.165, 1.54) is 23.5 Å². The maximum absolute atomic E-state index is 13.1. The molecule has 0 atom stereocenters. The van der Waals surface area contributed by atoms with E-state index >= 15 is 0 Å². The lowest BCUT2D eigenvalue weighted by Gasteiger charge is -2.03. The molecule has 0 aliphatic rings. The maximum Gasteiger partial charge on any atom is 0.249 e. The molecule has 0 aliphatic heterocycles. The van der Waals surface area contributed by atoms with Crippen molar-refractivity contribution in [1.82, 2.24) is 24.8 Å². The van der Waals surface area contributed by atoms with E-state index in [0.717, 1.165) is 27.5 Å². The van der Waals surface area contributed by atoms with Gasteiger partial charge in [0.1, 0.15) is 11.6 Å². The molecule has 3 aromatic heterocycles. The van der Waals surface area contributed by atoms with Gasteiger partial charge in [0.2, 0.25) is 10.9 Å². The first-order valence-corrected chi connectivity index (χ1v) is 9.93. The first kappa shape index (κ1) is 18.2. The monoisotopic (exact) mass is 418 g/mol. The fourth-order valence-electron chi connectivity index (χ4n) is 3.00. The Kier molecular flexibility index (Phi) is 4.56. The average molecular weight is 418 g/mol. The number of nitrogens with one attached hydrogen (secondary N) is 1. The molecular formula is C21H15FN6OS. The highest BCUT2D eigenvalue weighted by Gasteiger charge is 2.13. The molecule has 0 spiro atoms. The summed E-state index contributed by atoms with van der Waals surface area (Å²) >= 11 is 1.50. The zero-order valence-corrected chi connectivity index (χ0v) is 16.6. The Hall–Kier alpha value is -3.85. The van der Waals surface area contributed by atoms with Crippen molar-refractivity contribution >= 4 is 28.1 Å². The molecule has 7 nitrogen and oxygen atoms in total. The van der Waals surface area contributed by atoms with Crippen molar-refractivity contribution in [2.75, 3.05) is 12.4 Å². The zero-order chi connectivity index (χ0) is 20.5. The lowest BCUT2D eigenvalue weighted by Crippen LogP contribution is -1.98. The van der Waals surface area contributed by atoms with E-state index < -0.39 is 0 Å². The van der Waals surface area contributed by atoms with Gasteiger partial charge in [-0.1, -0.05) is 12.1 Å². The number of hydrogen-bond acceptors (Lipinski definition) is 7. The quantitative estimate of drug-likeness (QED) is 0.442. The second kappa shape index (κ2) is 7.53. The Bertz CT molecular complexity index is 1310. The minimum atomic E-state index is -0.288. The lowest BCUT2D eigenvalue weighted by atomic mass is 10.1.